The summed E-state index contributed by atoms with van der Waals surface area (Å²) >= 11 is 0. The van der Waals surface area contributed by atoms with E-state index in [9.17, 15) is 9.59 Å². The zero-order chi connectivity index (χ0) is 19.8. The lowest BCUT2D eigenvalue weighted by Gasteiger charge is -2.42. The number of nitrogens with one attached hydrogen (secondary N) is 1. The molecule has 9 nitrogen and oxygen atoms in total. The Labute approximate surface area is 169 Å². The van der Waals surface area contributed by atoms with Gasteiger partial charge in [0.25, 0.3) is 5.91 Å². The van der Waals surface area contributed by atoms with Crippen molar-refractivity contribution >= 4 is 17.5 Å². The van der Waals surface area contributed by atoms with E-state index in [1.54, 1.807) is 18.3 Å². The third kappa shape index (κ3) is 3.96. The molecule has 0 bridgehead atoms. The van der Waals surface area contributed by atoms with Crippen molar-refractivity contribution in [2.75, 3.05) is 26.2 Å². The zero-order valence-corrected chi connectivity index (χ0v) is 16.5. The molecule has 3 aliphatic rings. The molecular weight excluding hydrogens is 370 g/mol. The van der Waals surface area contributed by atoms with E-state index in [2.05, 4.69) is 25.7 Å². The van der Waals surface area contributed by atoms with Gasteiger partial charge in [-0.2, -0.15) is 4.52 Å². The maximum Gasteiger partial charge on any atom is 0.255 e. The van der Waals surface area contributed by atoms with Crippen LogP contribution in [0.25, 0.3) is 5.65 Å². The molecule has 0 radical (unpaired) electrons. The highest BCUT2D eigenvalue weighted by molar-refractivity contribution is 5.94. The number of tetrazole rings is 1. The molecule has 0 aromatic carbocycles. The summed E-state index contributed by atoms with van der Waals surface area (Å²) in [6.45, 7) is 3.40. The minimum Gasteiger partial charge on any atom is -0.353 e. The Morgan fingerprint density at radius 1 is 1.03 bits per heavy atom. The van der Waals surface area contributed by atoms with Crippen molar-refractivity contribution < 1.29 is 9.59 Å². The molecule has 4 heterocycles. The van der Waals surface area contributed by atoms with Gasteiger partial charge in [-0.1, -0.05) is 0 Å². The second kappa shape index (κ2) is 7.70. The number of likely N-dealkylation sites (tertiary alicyclic amines) is 2. The van der Waals surface area contributed by atoms with Gasteiger partial charge in [0.2, 0.25) is 5.91 Å². The molecule has 1 saturated carbocycles. The van der Waals surface area contributed by atoms with Gasteiger partial charge in [0, 0.05) is 37.9 Å². The number of carbonyl (C=O) groups is 2. The van der Waals surface area contributed by atoms with Crippen molar-refractivity contribution in [1.82, 2.24) is 35.2 Å². The minimum absolute atomic E-state index is 0.0289. The van der Waals surface area contributed by atoms with Crippen LogP contribution in [0, 0.1) is 5.92 Å². The van der Waals surface area contributed by atoms with Crippen LogP contribution in [0.1, 0.15) is 48.9 Å². The Bertz CT molecular complexity index is 901. The van der Waals surface area contributed by atoms with Crippen molar-refractivity contribution in [2.24, 2.45) is 5.92 Å². The number of piperidine rings is 2. The standard InChI is InChI=1S/C20H27N7O2/c28-19(21-16-4-5-16)14-2-1-9-26(12-14)17-7-10-25(11-8-17)20(29)15-3-6-18-22-23-24-27(18)13-15/h3,6,13-14,16-17H,1-2,4-5,7-12H2,(H,21,28)/t14-/m1/s1. The number of amides is 2. The van der Waals surface area contributed by atoms with Gasteiger partial charge in [-0.3, -0.25) is 14.5 Å². The molecule has 1 N–H and O–H groups in total. The average molecular weight is 397 g/mol. The molecule has 0 spiro atoms. The summed E-state index contributed by atoms with van der Waals surface area (Å²) in [4.78, 5) is 29.7. The van der Waals surface area contributed by atoms with Gasteiger partial charge >= 0.3 is 0 Å². The Morgan fingerprint density at radius 2 is 1.86 bits per heavy atom. The van der Waals surface area contributed by atoms with Crippen LogP contribution in [0.4, 0.5) is 0 Å². The Morgan fingerprint density at radius 3 is 2.66 bits per heavy atom. The lowest BCUT2D eigenvalue weighted by Crippen LogP contribution is -2.51. The molecule has 2 saturated heterocycles. The lowest BCUT2D eigenvalue weighted by molar-refractivity contribution is -0.127. The molecule has 5 rings (SSSR count). The molecule has 2 aliphatic heterocycles. The van der Waals surface area contributed by atoms with Crippen LogP contribution in [-0.4, -0.2) is 79.9 Å². The summed E-state index contributed by atoms with van der Waals surface area (Å²) in [6.07, 6.45) is 7.94. The first-order valence-corrected chi connectivity index (χ1v) is 10.7. The van der Waals surface area contributed by atoms with Crippen molar-refractivity contribution in [3.05, 3.63) is 23.9 Å². The highest BCUT2D eigenvalue weighted by atomic mass is 16.2. The summed E-state index contributed by atoms with van der Waals surface area (Å²) in [5, 5.41) is 14.5. The van der Waals surface area contributed by atoms with Crippen LogP contribution in [-0.2, 0) is 4.79 Å². The van der Waals surface area contributed by atoms with E-state index in [0.717, 1.165) is 64.7 Å². The van der Waals surface area contributed by atoms with Crippen molar-refractivity contribution in [1.29, 1.82) is 0 Å². The minimum atomic E-state index is 0.0289. The summed E-state index contributed by atoms with van der Waals surface area (Å²) in [6, 6.07) is 4.44. The van der Waals surface area contributed by atoms with E-state index < -0.39 is 0 Å². The van der Waals surface area contributed by atoms with Gasteiger partial charge in [0.15, 0.2) is 5.65 Å². The number of aromatic nitrogens is 4. The number of hydrogen-bond donors (Lipinski definition) is 1. The van der Waals surface area contributed by atoms with Crippen LogP contribution in [0.15, 0.2) is 18.3 Å². The van der Waals surface area contributed by atoms with Crippen LogP contribution in [0.5, 0.6) is 0 Å². The molecule has 2 aromatic rings. The summed E-state index contributed by atoms with van der Waals surface area (Å²) in [5.41, 5.74) is 1.24. The maximum absolute atomic E-state index is 12.9. The smallest absolute Gasteiger partial charge is 0.255 e. The average Bonchev–Trinajstić information content (AvgIpc) is 3.46. The number of fused-ring (bicyclic) bond motifs is 1. The van der Waals surface area contributed by atoms with Crippen LogP contribution in [0.3, 0.4) is 0 Å². The fourth-order valence-corrected chi connectivity index (χ4v) is 4.58. The van der Waals surface area contributed by atoms with Crippen LogP contribution < -0.4 is 5.32 Å². The topological polar surface area (TPSA) is 95.7 Å². The normalized spacial score (nSPS) is 24.0. The summed E-state index contributed by atoms with van der Waals surface area (Å²) in [5.74, 6) is 0.385. The van der Waals surface area contributed by atoms with Crippen LogP contribution >= 0.6 is 0 Å². The first kappa shape index (κ1) is 18.5. The number of nitrogens with zero attached hydrogens (tertiary/aromatic N) is 6. The second-order valence-corrected chi connectivity index (χ2v) is 8.54. The van der Waals surface area contributed by atoms with Gasteiger partial charge in [0.1, 0.15) is 0 Å². The highest BCUT2D eigenvalue weighted by Gasteiger charge is 2.34. The molecule has 1 aliphatic carbocycles. The predicted octanol–water partition coefficient (Wildman–Crippen LogP) is 0.720. The first-order valence-electron chi connectivity index (χ1n) is 10.7. The lowest BCUT2D eigenvalue weighted by atomic mass is 9.93. The molecule has 154 valence electrons. The van der Waals surface area contributed by atoms with E-state index in [-0.39, 0.29) is 17.7 Å². The third-order valence-corrected chi connectivity index (χ3v) is 6.45. The Kier molecular flexibility index (Phi) is 4.91. The van der Waals surface area contributed by atoms with E-state index in [1.807, 2.05) is 4.90 Å². The zero-order valence-electron chi connectivity index (χ0n) is 16.5. The molecule has 9 heteroatoms. The second-order valence-electron chi connectivity index (χ2n) is 8.54. The molecule has 0 unspecified atom stereocenters. The molecule has 2 aromatic heterocycles. The van der Waals surface area contributed by atoms with E-state index in [0.29, 0.717) is 23.3 Å². The number of pyridine rings is 1. The number of rotatable bonds is 4. The van der Waals surface area contributed by atoms with Crippen molar-refractivity contribution in [3.63, 3.8) is 0 Å². The molecular formula is C20H27N7O2. The molecule has 1 atom stereocenters. The number of hydrogen-bond acceptors (Lipinski definition) is 6. The quantitative estimate of drug-likeness (QED) is 0.817. The predicted molar refractivity (Wildman–Crippen MR) is 105 cm³/mol. The Hall–Kier alpha value is -2.55. The fraction of sp³-hybridized carbons (Fsp3) is 0.650. The monoisotopic (exact) mass is 397 g/mol. The van der Waals surface area contributed by atoms with Gasteiger partial charge < -0.3 is 10.2 Å². The van der Waals surface area contributed by atoms with E-state index >= 15 is 0 Å². The highest BCUT2D eigenvalue weighted by Crippen LogP contribution is 2.26. The van der Waals surface area contributed by atoms with Crippen molar-refractivity contribution in [3.8, 4) is 0 Å². The number of carbonyl (C=O) groups excluding carboxylic acids is 2. The maximum atomic E-state index is 12.9. The van der Waals surface area contributed by atoms with Gasteiger partial charge in [-0.25, -0.2) is 0 Å². The largest absolute Gasteiger partial charge is 0.353 e. The summed E-state index contributed by atoms with van der Waals surface area (Å²) < 4.78 is 1.53. The van der Waals surface area contributed by atoms with Crippen molar-refractivity contribution in [2.45, 2.75) is 50.6 Å². The molecule has 2 amide bonds. The fourth-order valence-electron chi connectivity index (χ4n) is 4.58. The first-order chi connectivity index (χ1) is 14.2. The van der Waals surface area contributed by atoms with Gasteiger partial charge in [-0.15, -0.1) is 5.10 Å². The molecule has 3 fully saturated rings. The van der Waals surface area contributed by atoms with Gasteiger partial charge in [0.05, 0.1) is 11.5 Å². The van der Waals surface area contributed by atoms with E-state index in [1.165, 1.54) is 4.52 Å². The Balaban J connectivity index is 1.16. The van der Waals surface area contributed by atoms with E-state index in [4.69, 9.17) is 0 Å². The summed E-state index contributed by atoms with van der Waals surface area (Å²) in [7, 11) is 0. The van der Waals surface area contributed by atoms with Crippen LogP contribution in [0.2, 0.25) is 0 Å². The van der Waals surface area contributed by atoms with Gasteiger partial charge in [-0.05, 0) is 67.6 Å². The SMILES string of the molecule is O=C(NC1CC1)[C@@H]1CCCN(C2CCN(C(=O)c3ccc4nnnn4c3)CC2)C1. The third-order valence-electron chi connectivity index (χ3n) is 6.45. The molecule has 29 heavy (non-hydrogen) atoms.